The molecule has 1 aromatic heterocycles. The SMILES string of the molecule is CC.Cc1cc2c(F)cccc2[nH]1. The summed E-state index contributed by atoms with van der Waals surface area (Å²) < 4.78 is 13.0. The molecule has 0 aliphatic rings. The largest absolute Gasteiger partial charge is 0.359 e. The van der Waals surface area contributed by atoms with E-state index < -0.39 is 0 Å². The highest BCUT2D eigenvalue weighted by Crippen LogP contribution is 2.17. The maximum atomic E-state index is 13.0. The zero-order valence-corrected chi connectivity index (χ0v) is 8.19. The van der Waals surface area contributed by atoms with Gasteiger partial charge >= 0.3 is 0 Å². The topological polar surface area (TPSA) is 15.8 Å². The average Bonchev–Trinajstić information content (AvgIpc) is 2.51. The van der Waals surface area contributed by atoms with Crippen LogP contribution in [0, 0.1) is 12.7 Å². The van der Waals surface area contributed by atoms with Crippen LogP contribution in [0.1, 0.15) is 19.5 Å². The van der Waals surface area contributed by atoms with E-state index in [2.05, 4.69) is 4.98 Å². The van der Waals surface area contributed by atoms with Crippen LogP contribution in [0.5, 0.6) is 0 Å². The normalized spacial score (nSPS) is 9.54. The molecule has 1 aromatic carbocycles. The van der Waals surface area contributed by atoms with E-state index in [4.69, 9.17) is 0 Å². The molecule has 1 N–H and O–H groups in total. The van der Waals surface area contributed by atoms with Crippen molar-refractivity contribution in [1.29, 1.82) is 0 Å². The first-order valence-corrected chi connectivity index (χ1v) is 4.51. The molecule has 0 atom stereocenters. The van der Waals surface area contributed by atoms with Gasteiger partial charge in [-0.05, 0) is 25.1 Å². The van der Waals surface area contributed by atoms with Gasteiger partial charge in [0.05, 0.1) is 0 Å². The molecule has 2 aromatic rings. The van der Waals surface area contributed by atoms with Crippen molar-refractivity contribution in [2.45, 2.75) is 20.8 Å². The average molecular weight is 179 g/mol. The lowest BCUT2D eigenvalue weighted by Crippen LogP contribution is -1.72. The van der Waals surface area contributed by atoms with E-state index in [1.54, 1.807) is 6.07 Å². The van der Waals surface area contributed by atoms with Gasteiger partial charge in [-0.3, -0.25) is 0 Å². The van der Waals surface area contributed by atoms with Gasteiger partial charge in [0.2, 0.25) is 0 Å². The molecule has 0 radical (unpaired) electrons. The summed E-state index contributed by atoms with van der Waals surface area (Å²) in [6.45, 7) is 5.92. The van der Waals surface area contributed by atoms with Crippen LogP contribution in [0.2, 0.25) is 0 Å². The third-order valence-corrected chi connectivity index (χ3v) is 1.75. The molecule has 2 heteroatoms. The zero-order chi connectivity index (χ0) is 9.84. The molecule has 0 saturated carbocycles. The highest BCUT2D eigenvalue weighted by atomic mass is 19.1. The summed E-state index contributed by atoms with van der Waals surface area (Å²) in [4.78, 5) is 3.06. The lowest BCUT2D eigenvalue weighted by atomic mass is 10.2. The van der Waals surface area contributed by atoms with Crippen molar-refractivity contribution in [3.8, 4) is 0 Å². The molecule has 2 rings (SSSR count). The van der Waals surface area contributed by atoms with E-state index in [0.717, 1.165) is 11.2 Å². The number of aryl methyl sites for hydroxylation is 1. The van der Waals surface area contributed by atoms with Crippen molar-refractivity contribution in [1.82, 2.24) is 4.98 Å². The molecule has 0 amide bonds. The van der Waals surface area contributed by atoms with Crippen molar-refractivity contribution < 1.29 is 4.39 Å². The lowest BCUT2D eigenvalue weighted by Gasteiger charge is -1.88. The number of H-pyrrole nitrogens is 1. The van der Waals surface area contributed by atoms with Crippen LogP contribution in [-0.4, -0.2) is 4.98 Å². The predicted octanol–water partition coefficient (Wildman–Crippen LogP) is 3.64. The smallest absolute Gasteiger partial charge is 0.132 e. The second-order valence-electron chi connectivity index (χ2n) is 2.65. The van der Waals surface area contributed by atoms with Crippen molar-refractivity contribution in [2.24, 2.45) is 0 Å². The van der Waals surface area contributed by atoms with Crippen molar-refractivity contribution in [3.63, 3.8) is 0 Å². The van der Waals surface area contributed by atoms with E-state index >= 15 is 0 Å². The number of hydrogen-bond acceptors (Lipinski definition) is 0. The maximum Gasteiger partial charge on any atom is 0.132 e. The maximum absolute atomic E-state index is 13.0. The minimum Gasteiger partial charge on any atom is -0.359 e. The highest BCUT2D eigenvalue weighted by molar-refractivity contribution is 5.80. The highest BCUT2D eigenvalue weighted by Gasteiger charge is 2.00. The number of rotatable bonds is 0. The van der Waals surface area contributed by atoms with Crippen LogP contribution >= 0.6 is 0 Å². The minimum absolute atomic E-state index is 0.160. The number of aromatic amines is 1. The number of fused-ring (bicyclic) bond motifs is 1. The molecule has 0 aliphatic heterocycles. The molecular formula is C11H14FN. The fraction of sp³-hybridized carbons (Fsp3) is 0.273. The Bertz CT molecular complexity index is 390. The molecule has 0 fully saturated rings. The lowest BCUT2D eigenvalue weighted by molar-refractivity contribution is 0.640. The molecular weight excluding hydrogens is 165 g/mol. The summed E-state index contributed by atoms with van der Waals surface area (Å²) in [6, 6.07) is 6.85. The summed E-state index contributed by atoms with van der Waals surface area (Å²) in [5.74, 6) is -0.160. The molecule has 0 bridgehead atoms. The van der Waals surface area contributed by atoms with E-state index in [9.17, 15) is 4.39 Å². The van der Waals surface area contributed by atoms with Gasteiger partial charge in [0, 0.05) is 16.6 Å². The first kappa shape index (κ1) is 9.78. The Kier molecular flexibility index (Phi) is 3.07. The monoisotopic (exact) mass is 179 g/mol. The molecule has 0 spiro atoms. The summed E-state index contributed by atoms with van der Waals surface area (Å²) in [7, 11) is 0. The van der Waals surface area contributed by atoms with Gasteiger partial charge in [0.15, 0.2) is 0 Å². The fourth-order valence-electron chi connectivity index (χ4n) is 1.26. The standard InChI is InChI=1S/C9H8FN.C2H6/c1-6-5-7-8(10)3-2-4-9(7)11-6;1-2/h2-5,11H,1H3;1-2H3. The Morgan fingerprint density at radius 2 is 1.92 bits per heavy atom. The zero-order valence-electron chi connectivity index (χ0n) is 8.19. The van der Waals surface area contributed by atoms with Crippen LogP contribution in [0.4, 0.5) is 4.39 Å². The van der Waals surface area contributed by atoms with E-state index in [1.807, 2.05) is 32.9 Å². The number of hydrogen-bond donors (Lipinski definition) is 1. The number of benzene rings is 1. The van der Waals surface area contributed by atoms with Crippen LogP contribution in [0.3, 0.4) is 0 Å². The van der Waals surface area contributed by atoms with Crippen molar-refractivity contribution in [3.05, 3.63) is 35.8 Å². The second kappa shape index (κ2) is 4.08. The van der Waals surface area contributed by atoms with Crippen LogP contribution in [0.15, 0.2) is 24.3 Å². The quantitative estimate of drug-likeness (QED) is 0.635. The first-order valence-electron chi connectivity index (χ1n) is 4.51. The third-order valence-electron chi connectivity index (χ3n) is 1.75. The molecule has 0 saturated heterocycles. The Morgan fingerprint density at radius 3 is 2.54 bits per heavy atom. The first-order chi connectivity index (χ1) is 6.27. The summed E-state index contributed by atoms with van der Waals surface area (Å²) >= 11 is 0. The summed E-state index contributed by atoms with van der Waals surface area (Å²) in [5, 5.41) is 0.671. The van der Waals surface area contributed by atoms with Gasteiger partial charge in [0.1, 0.15) is 5.82 Å². The van der Waals surface area contributed by atoms with Crippen LogP contribution in [0.25, 0.3) is 10.9 Å². The molecule has 0 aliphatic carbocycles. The Balaban J connectivity index is 0.000000396. The van der Waals surface area contributed by atoms with E-state index in [1.165, 1.54) is 6.07 Å². The molecule has 1 heterocycles. The molecule has 70 valence electrons. The molecule has 0 unspecified atom stereocenters. The summed E-state index contributed by atoms with van der Waals surface area (Å²) in [5.41, 5.74) is 1.85. The van der Waals surface area contributed by atoms with Gasteiger partial charge in [0.25, 0.3) is 0 Å². The minimum atomic E-state index is -0.160. The van der Waals surface area contributed by atoms with E-state index in [-0.39, 0.29) is 5.82 Å². The van der Waals surface area contributed by atoms with Crippen LogP contribution < -0.4 is 0 Å². The summed E-state index contributed by atoms with van der Waals surface area (Å²) in [6.07, 6.45) is 0. The third kappa shape index (κ3) is 1.89. The van der Waals surface area contributed by atoms with Gasteiger partial charge < -0.3 is 4.98 Å². The Hall–Kier alpha value is -1.31. The van der Waals surface area contributed by atoms with Gasteiger partial charge in [-0.15, -0.1) is 0 Å². The Morgan fingerprint density at radius 1 is 1.23 bits per heavy atom. The molecule has 1 nitrogen and oxygen atoms in total. The second-order valence-corrected chi connectivity index (χ2v) is 2.65. The predicted molar refractivity (Wildman–Crippen MR) is 54.3 cm³/mol. The Labute approximate surface area is 77.6 Å². The van der Waals surface area contributed by atoms with Gasteiger partial charge in [-0.1, -0.05) is 19.9 Å². The van der Waals surface area contributed by atoms with E-state index in [0.29, 0.717) is 5.39 Å². The number of nitrogens with one attached hydrogen (secondary N) is 1. The van der Waals surface area contributed by atoms with Crippen molar-refractivity contribution >= 4 is 10.9 Å². The number of aromatic nitrogens is 1. The van der Waals surface area contributed by atoms with Gasteiger partial charge in [-0.2, -0.15) is 0 Å². The molecule has 13 heavy (non-hydrogen) atoms. The fourth-order valence-corrected chi connectivity index (χ4v) is 1.26. The van der Waals surface area contributed by atoms with Gasteiger partial charge in [-0.25, -0.2) is 4.39 Å². The number of halogens is 1. The van der Waals surface area contributed by atoms with Crippen molar-refractivity contribution in [2.75, 3.05) is 0 Å². The van der Waals surface area contributed by atoms with Crippen LogP contribution in [-0.2, 0) is 0 Å².